The van der Waals surface area contributed by atoms with Crippen LogP contribution in [0.15, 0.2) is 38.1 Å². The van der Waals surface area contributed by atoms with E-state index >= 15 is 0 Å². The van der Waals surface area contributed by atoms with E-state index in [-0.39, 0.29) is 5.63 Å². The second-order valence-electron chi connectivity index (χ2n) is 3.00. The van der Waals surface area contributed by atoms with E-state index in [0.717, 1.165) is 15.7 Å². The van der Waals surface area contributed by atoms with E-state index in [2.05, 4.69) is 25.6 Å². The summed E-state index contributed by atoms with van der Waals surface area (Å²) in [5, 5.41) is 2.61. The third kappa shape index (κ3) is 1.53. The highest BCUT2D eigenvalue weighted by molar-refractivity contribution is 9.10. The van der Waals surface area contributed by atoms with Gasteiger partial charge in [0.05, 0.1) is 11.3 Å². The molecule has 0 atom stereocenters. The van der Waals surface area contributed by atoms with Crippen molar-refractivity contribution < 1.29 is 4.52 Å². The molecule has 0 unspecified atom stereocenters. The van der Waals surface area contributed by atoms with Crippen molar-refractivity contribution in [3.05, 3.63) is 44.7 Å². The highest BCUT2D eigenvalue weighted by atomic mass is 79.9. The number of nitrogens with one attached hydrogen (secondary N) is 1. The molecule has 0 saturated heterocycles. The molecule has 2 aromatic rings. The Labute approximate surface area is 88.8 Å². The molecule has 14 heavy (non-hydrogen) atoms. The quantitative estimate of drug-likeness (QED) is 0.850. The number of halogens is 1. The summed E-state index contributed by atoms with van der Waals surface area (Å²) in [7, 11) is 0. The lowest BCUT2D eigenvalue weighted by Gasteiger charge is -1.97. The van der Waals surface area contributed by atoms with Gasteiger partial charge in [0.2, 0.25) is 0 Å². The fourth-order valence-electron chi connectivity index (χ4n) is 1.24. The summed E-state index contributed by atoms with van der Waals surface area (Å²) in [6.45, 7) is 1.74. The maximum absolute atomic E-state index is 11.1. The first-order chi connectivity index (χ1) is 6.68. The summed E-state index contributed by atoms with van der Waals surface area (Å²) < 4.78 is 5.69. The lowest BCUT2D eigenvalue weighted by atomic mass is 10.1. The largest absolute Gasteiger partial charge is 0.360 e. The molecule has 1 aromatic heterocycles. The second-order valence-corrected chi connectivity index (χ2v) is 3.91. The smallest absolute Gasteiger partial charge is 0.338 e. The summed E-state index contributed by atoms with van der Waals surface area (Å²) in [5.74, 6) is 0. The molecule has 1 heterocycles. The minimum absolute atomic E-state index is 0.317. The van der Waals surface area contributed by atoms with Crippen molar-refractivity contribution >= 4 is 15.9 Å². The molecule has 0 amide bonds. The highest BCUT2D eigenvalue weighted by Crippen LogP contribution is 2.21. The Hall–Kier alpha value is -1.29. The fourth-order valence-corrected chi connectivity index (χ4v) is 1.51. The maximum Gasteiger partial charge on any atom is 0.360 e. The zero-order chi connectivity index (χ0) is 10.1. The standard InChI is InChI=1S/C10H8BrNO2/c1-6-9(12-14-10(6)13)7-2-4-8(11)5-3-7/h2-5,12H,1H3. The molecular weight excluding hydrogens is 246 g/mol. The predicted octanol–water partition coefficient (Wildman–Crippen LogP) is 2.71. The molecule has 0 fully saturated rings. The van der Waals surface area contributed by atoms with Gasteiger partial charge in [0.1, 0.15) is 0 Å². The van der Waals surface area contributed by atoms with Gasteiger partial charge in [0.25, 0.3) is 0 Å². The molecule has 0 spiro atoms. The van der Waals surface area contributed by atoms with Gasteiger partial charge in [-0.2, -0.15) is 0 Å². The van der Waals surface area contributed by atoms with Gasteiger partial charge < -0.3 is 4.52 Å². The van der Waals surface area contributed by atoms with Crippen LogP contribution in [0.5, 0.6) is 0 Å². The molecule has 0 bridgehead atoms. The van der Waals surface area contributed by atoms with Gasteiger partial charge in [-0.1, -0.05) is 28.1 Å². The van der Waals surface area contributed by atoms with Crippen LogP contribution in [0.3, 0.4) is 0 Å². The number of rotatable bonds is 1. The predicted molar refractivity (Wildman–Crippen MR) is 57.2 cm³/mol. The van der Waals surface area contributed by atoms with Crippen LogP contribution in [0, 0.1) is 6.92 Å². The molecule has 0 radical (unpaired) electrons. The monoisotopic (exact) mass is 253 g/mol. The third-order valence-corrected chi connectivity index (χ3v) is 2.59. The summed E-state index contributed by atoms with van der Waals surface area (Å²) in [4.78, 5) is 11.1. The van der Waals surface area contributed by atoms with Crippen LogP contribution in [-0.4, -0.2) is 5.16 Å². The van der Waals surface area contributed by atoms with Crippen molar-refractivity contribution in [2.24, 2.45) is 0 Å². The average Bonchev–Trinajstić information content (AvgIpc) is 2.50. The molecule has 0 aliphatic heterocycles. The number of hydrogen-bond donors (Lipinski definition) is 1. The molecule has 3 nitrogen and oxygen atoms in total. The Morgan fingerprint density at radius 2 is 1.93 bits per heavy atom. The Bertz CT molecular complexity index is 496. The van der Waals surface area contributed by atoms with E-state index in [1.54, 1.807) is 6.92 Å². The summed E-state index contributed by atoms with van der Waals surface area (Å²) >= 11 is 3.35. The summed E-state index contributed by atoms with van der Waals surface area (Å²) in [6.07, 6.45) is 0. The van der Waals surface area contributed by atoms with E-state index in [9.17, 15) is 4.79 Å². The molecule has 72 valence electrons. The van der Waals surface area contributed by atoms with E-state index in [4.69, 9.17) is 0 Å². The van der Waals surface area contributed by atoms with Gasteiger partial charge in [-0.05, 0) is 19.1 Å². The first-order valence-corrected chi connectivity index (χ1v) is 4.92. The second kappa shape index (κ2) is 3.46. The van der Waals surface area contributed by atoms with Crippen molar-refractivity contribution in [2.45, 2.75) is 6.92 Å². The van der Waals surface area contributed by atoms with Gasteiger partial charge in [-0.25, -0.2) is 9.95 Å². The van der Waals surface area contributed by atoms with Gasteiger partial charge in [-0.3, -0.25) is 0 Å². The summed E-state index contributed by atoms with van der Waals surface area (Å²) in [5.41, 5.74) is 1.97. The molecule has 4 heteroatoms. The van der Waals surface area contributed by atoms with Crippen molar-refractivity contribution in [3.8, 4) is 11.3 Å². The van der Waals surface area contributed by atoms with E-state index < -0.39 is 0 Å². The number of hydrogen-bond acceptors (Lipinski definition) is 2. The molecule has 0 saturated carbocycles. The van der Waals surface area contributed by atoms with Crippen molar-refractivity contribution in [1.82, 2.24) is 5.16 Å². The van der Waals surface area contributed by atoms with Crippen LogP contribution in [0.4, 0.5) is 0 Å². The van der Waals surface area contributed by atoms with Crippen LogP contribution < -0.4 is 5.63 Å². The van der Waals surface area contributed by atoms with Crippen LogP contribution >= 0.6 is 15.9 Å². The number of aromatic nitrogens is 1. The third-order valence-electron chi connectivity index (χ3n) is 2.06. The van der Waals surface area contributed by atoms with Crippen molar-refractivity contribution in [2.75, 3.05) is 0 Å². The van der Waals surface area contributed by atoms with Gasteiger partial charge in [0.15, 0.2) is 0 Å². The topological polar surface area (TPSA) is 46.0 Å². The summed E-state index contributed by atoms with van der Waals surface area (Å²) in [6, 6.07) is 7.66. The normalized spacial score (nSPS) is 10.4. The van der Waals surface area contributed by atoms with Crippen LogP contribution in [-0.2, 0) is 0 Å². The maximum atomic E-state index is 11.1. The molecule has 1 aromatic carbocycles. The molecular formula is C10H8BrNO2. The van der Waals surface area contributed by atoms with Gasteiger partial charge in [0, 0.05) is 10.0 Å². The average molecular weight is 254 g/mol. The highest BCUT2D eigenvalue weighted by Gasteiger charge is 2.08. The molecule has 0 aliphatic rings. The Morgan fingerprint density at radius 3 is 2.43 bits per heavy atom. The first-order valence-electron chi connectivity index (χ1n) is 4.12. The fraction of sp³-hybridized carbons (Fsp3) is 0.100. The van der Waals surface area contributed by atoms with Gasteiger partial charge in [-0.15, -0.1) is 0 Å². The molecule has 1 N–H and O–H groups in total. The zero-order valence-corrected chi connectivity index (χ0v) is 9.09. The van der Waals surface area contributed by atoms with E-state index in [1.807, 2.05) is 24.3 Å². The molecule has 2 rings (SSSR count). The van der Waals surface area contributed by atoms with E-state index in [1.165, 1.54) is 0 Å². The minimum atomic E-state index is -0.317. The number of H-pyrrole nitrogens is 1. The van der Waals surface area contributed by atoms with Crippen LogP contribution in [0.1, 0.15) is 5.56 Å². The SMILES string of the molecule is Cc1c(-c2ccc(Br)cc2)[nH]oc1=O. The van der Waals surface area contributed by atoms with Crippen LogP contribution in [0.2, 0.25) is 0 Å². The Kier molecular flexibility index (Phi) is 2.29. The first kappa shape index (κ1) is 9.27. The lowest BCUT2D eigenvalue weighted by molar-refractivity contribution is 0.393. The zero-order valence-electron chi connectivity index (χ0n) is 7.50. The Balaban J connectivity index is 2.55. The van der Waals surface area contributed by atoms with Crippen molar-refractivity contribution in [3.63, 3.8) is 0 Å². The number of aromatic amines is 1. The Morgan fingerprint density at radius 1 is 1.29 bits per heavy atom. The van der Waals surface area contributed by atoms with Crippen molar-refractivity contribution in [1.29, 1.82) is 0 Å². The van der Waals surface area contributed by atoms with Gasteiger partial charge >= 0.3 is 5.63 Å². The minimum Gasteiger partial charge on any atom is -0.338 e. The molecule has 0 aliphatic carbocycles. The number of benzene rings is 1. The van der Waals surface area contributed by atoms with E-state index in [0.29, 0.717) is 5.56 Å². The van der Waals surface area contributed by atoms with Crippen LogP contribution in [0.25, 0.3) is 11.3 Å². The lowest BCUT2D eigenvalue weighted by Crippen LogP contribution is -1.95.